The molecule has 0 aliphatic carbocycles. The quantitative estimate of drug-likeness (QED) is 0.838. The Kier molecular flexibility index (Phi) is 2.99. The standard InChI is InChI=1S/C12H16N2O2/c1-8-7-13-12(14-8)10-6-9(15-2)4-5-11(10)16-3/h4-6,8H,7H2,1-3H3,(H,13,14). The van der Waals surface area contributed by atoms with Gasteiger partial charge in [0.05, 0.1) is 26.3 Å². The normalized spacial score (nSPS) is 18.9. The van der Waals surface area contributed by atoms with Crippen molar-refractivity contribution in [3.8, 4) is 11.5 Å². The largest absolute Gasteiger partial charge is 0.497 e. The van der Waals surface area contributed by atoms with Crippen LogP contribution in [-0.2, 0) is 0 Å². The van der Waals surface area contributed by atoms with Crippen molar-refractivity contribution < 1.29 is 9.47 Å². The third kappa shape index (κ3) is 1.96. The van der Waals surface area contributed by atoms with Crippen molar-refractivity contribution >= 4 is 5.84 Å². The lowest BCUT2D eigenvalue weighted by atomic mass is 10.1. The van der Waals surface area contributed by atoms with E-state index >= 15 is 0 Å². The van der Waals surface area contributed by atoms with Crippen molar-refractivity contribution in [2.24, 2.45) is 4.99 Å². The highest BCUT2D eigenvalue weighted by atomic mass is 16.5. The average molecular weight is 220 g/mol. The molecular formula is C12H16N2O2. The molecule has 1 aromatic rings. The van der Waals surface area contributed by atoms with E-state index in [2.05, 4.69) is 17.2 Å². The van der Waals surface area contributed by atoms with E-state index < -0.39 is 0 Å². The molecule has 1 N–H and O–H groups in total. The summed E-state index contributed by atoms with van der Waals surface area (Å²) in [5, 5.41) is 3.31. The van der Waals surface area contributed by atoms with Crippen molar-refractivity contribution in [3.63, 3.8) is 0 Å². The molecule has 16 heavy (non-hydrogen) atoms. The molecule has 4 heteroatoms. The minimum Gasteiger partial charge on any atom is -0.497 e. The second-order valence-corrected chi connectivity index (χ2v) is 3.80. The molecule has 0 fully saturated rings. The van der Waals surface area contributed by atoms with Crippen LogP contribution in [0.2, 0.25) is 0 Å². The first-order chi connectivity index (χ1) is 7.74. The maximum atomic E-state index is 5.32. The molecule has 0 spiro atoms. The van der Waals surface area contributed by atoms with Gasteiger partial charge in [-0.2, -0.15) is 0 Å². The fourth-order valence-electron chi connectivity index (χ4n) is 1.71. The lowest BCUT2D eigenvalue weighted by Gasteiger charge is -2.11. The molecule has 1 heterocycles. The highest BCUT2D eigenvalue weighted by Crippen LogP contribution is 2.25. The van der Waals surface area contributed by atoms with Crippen LogP contribution in [-0.4, -0.2) is 32.6 Å². The predicted molar refractivity (Wildman–Crippen MR) is 63.5 cm³/mol. The summed E-state index contributed by atoms with van der Waals surface area (Å²) in [6.45, 7) is 2.90. The van der Waals surface area contributed by atoms with E-state index in [-0.39, 0.29) is 0 Å². The average Bonchev–Trinajstić information content (AvgIpc) is 2.75. The van der Waals surface area contributed by atoms with Crippen molar-refractivity contribution in [2.45, 2.75) is 13.0 Å². The number of nitrogens with one attached hydrogen (secondary N) is 1. The first-order valence-corrected chi connectivity index (χ1v) is 5.28. The fraction of sp³-hybridized carbons (Fsp3) is 0.417. The number of hydrogen-bond acceptors (Lipinski definition) is 4. The van der Waals surface area contributed by atoms with Crippen LogP contribution in [0, 0.1) is 0 Å². The second-order valence-electron chi connectivity index (χ2n) is 3.80. The number of nitrogens with zero attached hydrogens (tertiary/aromatic N) is 1. The van der Waals surface area contributed by atoms with Crippen LogP contribution >= 0.6 is 0 Å². The fourth-order valence-corrected chi connectivity index (χ4v) is 1.71. The van der Waals surface area contributed by atoms with Crippen molar-refractivity contribution in [1.82, 2.24) is 5.32 Å². The summed E-state index contributed by atoms with van der Waals surface area (Å²) in [6.07, 6.45) is 0. The van der Waals surface area contributed by atoms with Crippen molar-refractivity contribution in [3.05, 3.63) is 23.8 Å². The number of aliphatic imine (C=N–C) groups is 1. The second kappa shape index (κ2) is 4.43. The molecular weight excluding hydrogens is 204 g/mol. The van der Waals surface area contributed by atoms with E-state index in [0.717, 1.165) is 29.4 Å². The molecule has 2 rings (SSSR count). The summed E-state index contributed by atoms with van der Waals surface area (Å²) in [7, 11) is 3.31. The summed E-state index contributed by atoms with van der Waals surface area (Å²) in [5.41, 5.74) is 0.950. The molecule has 0 aromatic heterocycles. The highest BCUT2D eigenvalue weighted by Gasteiger charge is 2.18. The minimum atomic E-state index is 0.380. The van der Waals surface area contributed by atoms with Crippen LogP contribution in [0.1, 0.15) is 12.5 Å². The monoisotopic (exact) mass is 220 g/mol. The van der Waals surface area contributed by atoms with Gasteiger partial charge in [0.2, 0.25) is 0 Å². The number of hydrogen-bond donors (Lipinski definition) is 1. The predicted octanol–water partition coefficient (Wildman–Crippen LogP) is 1.44. The lowest BCUT2D eigenvalue weighted by Crippen LogP contribution is -2.28. The van der Waals surface area contributed by atoms with Gasteiger partial charge >= 0.3 is 0 Å². The number of benzene rings is 1. The minimum absolute atomic E-state index is 0.380. The molecule has 0 saturated heterocycles. The van der Waals surface area contributed by atoms with E-state index in [1.165, 1.54) is 0 Å². The Labute approximate surface area is 95.3 Å². The maximum absolute atomic E-state index is 5.32. The Morgan fingerprint density at radius 2 is 2.12 bits per heavy atom. The van der Waals surface area contributed by atoms with Gasteiger partial charge in [0, 0.05) is 6.04 Å². The maximum Gasteiger partial charge on any atom is 0.132 e. The van der Waals surface area contributed by atoms with Crippen molar-refractivity contribution in [1.29, 1.82) is 0 Å². The molecule has 1 atom stereocenters. The van der Waals surface area contributed by atoms with Crippen molar-refractivity contribution in [2.75, 3.05) is 20.8 Å². The van der Waals surface area contributed by atoms with Gasteiger partial charge < -0.3 is 14.8 Å². The van der Waals surface area contributed by atoms with Crippen LogP contribution in [0.3, 0.4) is 0 Å². The molecule has 4 nitrogen and oxygen atoms in total. The molecule has 0 amide bonds. The lowest BCUT2D eigenvalue weighted by molar-refractivity contribution is 0.402. The van der Waals surface area contributed by atoms with E-state index in [0.29, 0.717) is 6.04 Å². The van der Waals surface area contributed by atoms with Crippen LogP contribution in [0.25, 0.3) is 0 Å². The zero-order valence-corrected chi connectivity index (χ0v) is 9.78. The topological polar surface area (TPSA) is 42.9 Å². The van der Waals surface area contributed by atoms with E-state index in [9.17, 15) is 0 Å². The molecule has 1 unspecified atom stereocenters. The summed E-state index contributed by atoms with van der Waals surface area (Å²) >= 11 is 0. The van der Waals surface area contributed by atoms with Gasteiger partial charge in [0.25, 0.3) is 0 Å². The third-order valence-corrected chi connectivity index (χ3v) is 2.57. The Bertz CT molecular complexity index is 415. The van der Waals surface area contributed by atoms with Crippen LogP contribution in [0.15, 0.2) is 23.2 Å². The van der Waals surface area contributed by atoms with E-state index in [4.69, 9.17) is 9.47 Å². The Hall–Kier alpha value is -1.71. The Morgan fingerprint density at radius 1 is 1.31 bits per heavy atom. The number of rotatable bonds is 3. The van der Waals surface area contributed by atoms with Crippen LogP contribution in [0.5, 0.6) is 11.5 Å². The Morgan fingerprint density at radius 3 is 2.69 bits per heavy atom. The number of ether oxygens (including phenoxy) is 2. The molecule has 0 bridgehead atoms. The molecule has 1 aromatic carbocycles. The summed E-state index contributed by atoms with van der Waals surface area (Å²) in [6, 6.07) is 6.08. The van der Waals surface area contributed by atoms with E-state index in [1.54, 1.807) is 14.2 Å². The van der Waals surface area contributed by atoms with Gasteiger partial charge in [0.15, 0.2) is 0 Å². The Balaban J connectivity index is 2.37. The first kappa shape index (κ1) is 10.8. The molecule has 86 valence electrons. The van der Waals surface area contributed by atoms with Gasteiger partial charge in [0.1, 0.15) is 17.3 Å². The molecule has 0 radical (unpaired) electrons. The third-order valence-electron chi connectivity index (χ3n) is 2.57. The van der Waals surface area contributed by atoms with E-state index in [1.807, 2.05) is 18.2 Å². The van der Waals surface area contributed by atoms with Gasteiger partial charge in [-0.05, 0) is 25.1 Å². The first-order valence-electron chi connectivity index (χ1n) is 5.28. The summed E-state index contributed by atoms with van der Waals surface area (Å²) in [4.78, 5) is 4.44. The van der Waals surface area contributed by atoms with Gasteiger partial charge in [-0.1, -0.05) is 0 Å². The smallest absolute Gasteiger partial charge is 0.132 e. The number of methoxy groups -OCH3 is 2. The molecule has 1 aliphatic heterocycles. The zero-order chi connectivity index (χ0) is 11.5. The van der Waals surface area contributed by atoms with Crippen LogP contribution < -0.4 is 14.8 Å². The molecule has 1 aliphatic rings. The van der Waals surface area contributed by atoms with Gasteiger partial charge in [-0.25, -0.2) is 0 Å². The number of amidine groups is 1. The highest BCUT2D eigenvalue weighted by molar-refractivity contribution is 6.02. The van der Waals surface area contributed by atoms with Crippen LogP contribution in [0.4, 0.5) is 0 Å². The summed E-state index contributed by atoms with van der Waals surface area (Å²) in [5.74, 6) is 2.49. The SMILES string of the molecule is COc1ccc(OC)c(C2=NCC(C)N2)c1. The zero-order valence-electron chi connectivity index (χ0n) is 9.78. The molecule has 0 saturated carbocycles. The summed E-state index contributed by atoms with van der Waals surface area (Å²) < 4.78 is 10.5. The van der Waals surface area contributed by atoms with Gasteiger partial charge in [-0.15, -0.1) is 0 Å². The van der Waals surface area contributed by atoms with Gasteiger partial charge in [-0.3, -0.25) is 4.99 Å².